The van der Waals surface area contributed by atoms with Gasteiger partial charge in [0.05, 0.1) is 17.3 Å². The summed E-state index contributed by atoms with van der Waals surface area (Å²) >= 11 is 5.82. The van der Waals surface area contributed by atoms with Crippen LogP contribution in [-0.2, 0) is 11.4 Å². The minimum atomic E-state index is -0.460. The molecule has 33 heavy (non-hydrogen) atoms. The molecular weight excluding hydrogens is 453 g/mol. The van der Waals surface area contributed by atoms with E-state index in [1.165, 1.54) is 29.4 Å². The zero-order chi connectivity index (χ0) is 24.0. The van der Waals surface area contributed by atoms with Gasteiger partial charge in [-0.2, -0.15) is 0 Å². The zero-order valence-electron chi connectivity index (χ0n) is 17.8. The highest BCUT2D eigenvalue weighted by molar-refractivity contribution is 6.30. The standard InChI is InChI=1S/C12H9FN2O2.C10H12ClN3O2/c13-10-4-2-1-3-9(10)12-8(6-16)5-14-11(7-17)15-12;1-12-7-5-16-8-3-6(11)4-13-9(8)14(2)10(7)15/h1-5,7,16H,6H2;3-4,7,12H,5H2,1-2H3. The van der Waals surface area contributed by atoms with Gasteiger partial charge in [0.1, 0.15) is 18.5 Å². The van der Waals surface area contributed by atoms with E-state index in [1.54, 1.807) is 32.3 Å². The van der Waals surface area contributed by atoms with Crippen LogP contribution in [-0.4, -0.2) is 59.0 Å². The molecule has 1 amide bonds. The lowest BCUT2D eigenvalue weighted by atomic mass is 10.1. The van der Waals surface area contributed by atoms with Crippen molar-refractivity contribution < 1.29 is 23.8 Å². The van der Waals surface area contributed by atoms with E-state index in [0.717, 1.165) is 0 Å². The smallest absolute Gasteiger partial charge is 0.248 e. The lowest BCUT2D eigenvalue weighted by Crippen LogP contribution is -2.45. The second-order valence-electron chi connectivity index (χ2n) is 6.88. The molecule has 2 aromatic heterocycles. The van der Waals surface area contributed by atoms with Crippen molar-refractivity contribution in [2.45, 2.75) is 12.6 Å². The fourth-order valence-electron chi connectivity index (χ4n) is 3.04. The highest BCUT2D eigenvalue weighted by Gasteiger charge is 2.29. The molecule has 0 bridgehead atoms. The fourth-order valence-corrected chi connectivity index (χ4v) is 3.19. The van der Waals surface area contributed by atoms with Crippen LogP contribution in [0, 0.1) is 5.82 Å². The third-order valence-electron chi connectivity index (χ3n) is 4.79. The molecule has 11 heteroatoms. The molecule has 1 aliphatic heterocycles. The predicted octanol–water partition coefficient (Wildman–Crippen LogP) is 2.27. The Labute approximate surface area is 194 Å². The molecular formula is C22H21ClFN5O4. The second-order valence-corrected chi connectivity index (χ2v) is 7.32. The Hall–Kier alpha value is -3.47. The molecule has 3 heterocycles. The summed E-state index contributed by atoms with van der Waals surface area (Å²) in [6, 6.07) is 7.33. The number of hydrogen-bond donors (Lipinski definition) is 2. The molecule has 1 unspecified atom stereocenters. The van der Waals surface area contributed by atoms with E-state index in [1.807, 2.05) is 0 Å². The average molecular weight is 474 g/mol. The minimum Gasteiger partial charge on any atom is -0.487 e. The van der Waals surface area contributed by atoms with Crippen LogP contribution in [0.2, 0.25) is 5.02 Å². The van der Waals surface area contributed by atoms with Gasteiger partial charge in [-0.25, -0.2) is 19.3 Å². The van der Waals surface area contributed by atoms with Crippen molar-refractivity contribution in [1.29, 1.82) is 0 Å². The Bertz CT molecular complexity index is 1160. The Balaban J connectivity index is 0.000000186. The number of nitrogens with zero attached hydrogens (tertiary/aromatic N) is 4. The SMILES string of the molecule is CNC1COc2cc(Cl)cnc2N(C)C1=O.O=Cc1ncc(CO)c(-c2ccccc2F)n1. The van der Waals surface area contributed by atoms with Gasteiger partial charge in [-0.1, -0.05) is 23.7 Å². The monoisotopic (exact) mass is 473 g/mol. The average Bonchev–Trinajstić information content (AvgIpc) is 2.95. The highest BCUT2D eigenvalue weighted by atomic mass is 35.5. The second kappa shape index (κ2) is 10.9. The third kappa shape index (κ3) is 5.48. The van der Waals surface area contributed by atoms with Gasteiger partial charge in [-0.05, 0) is 19.2 Å². The molecule has 9 nitrogen and oxygen atoms in total. The molecule has 0 radical (unpaired) electrons. The number of ether oxygens (including phenoxy) is 1. The number of aldehydes is 1. The topological polar surface area (TPSA) is 118 Å². The van der Waals surface area contributed by atoms with Crippen molar-refractivity contribution >= 4 is 29.6 Å². The van der Waals surface area contributed by atoms with E-state index in [0.29, 0.717) is 28.4 Å². The Morgan fingerprint density at radius 1 is 1.33 bits per heavy atom. The number of rotatable bonds is 4. The van der Waals surface area contributed by atoms with E-state index < -0.39 is 5.82 Å². The molecule has 0 spiro atoms. The fraction of sp³-hybridized carbons (Fsp3) is 0.227. The van der Waals surface area contributed by atoms with E-state index >= 15 is 0 Å². The number of halogens is 2. The third-order valence-corrected chi connectivity index (χ3v) is 4.99. The molecule has 1 atom stereocenters. The largest absolute Gasteiger partial charge is 0.487 e. The first kappa shape index (κ1) is 24.2. The Morgan fingerprint density at radius 3 is 2.76 bits per heavy atom. The van der Waals surface area contributed by atoms with Crippen LogP contribution >= 0.6 is 11.6 Å². The van der Waals surface area contributed by atoms with Crippen LogP contribution in [0.1, 0.15) is 16.2 Å². The number of benzene rings is 1. The first-order chi connectivity index (χ1) is 15.9. The van der Waals surface area contributed by atoms with Crippen LogP contribution in [0.25, 0.3) is 11.3 Å². The minimum absolute atomic E-state index is 0.0412. The summed E-state index contributed by atoms with van der Waals surface area (Å²) in [5.74, 6) is 0.447. The molecule has 0 aliphatic carbocycles. The maximum absolute atomic E-state index is 13.6. The van der Waals surface area contributed by atoms with E-state index in [-0.39, 0.29) is 42.2 Å². The maximum atomic E-state index is 13.6. The molecule has 3 aromatic rings. The van der Waals surface area contributed by atoms with Gasteiger partial charge in [-0.3, -0.25) is 14.5 Å². The summed E-state index contributed by atoms with van der Waals surface area (Å²) < 4.78 is 19.1. The van der Waals surface area contributed by atoms with Gasteiger partial charge in [0.2, 0.25) is 5.91 Å². The van der Waals surface area contributed by atoms with Gasteiger partial charge in [0.15, 0.2) is 23.7 Å². The molecule has 4 rings (SSSR count). The van der Waals surface area contributed by atoms with Gasteiger partial charge < -0.3 is 15.2 Å². The van der Waals surface area contributed by atoms with Crippen LogP contribution in [0.5, 0.6) is 5.75 Å². The first-order valence-corrected chi connectivity index (χ1v) is 10.2. The summed E-state index contributed by atoms with van der Waals surface area (Å²) in [6.45, 7) is -0.0441. The number of fused-ring (bicyclic) bond motifs is 1. The zero-order valence-corrected chi connectivity index (χ0v) is 18.6. The van der Waals surface area contributed by atoms with Crippen molar-refractivity contribution in [3.63, 3.8) is 0 Å². The number of carbonyl (C=O) groups is 2. The van der Waals surface area contributed by atoms with Crippen molar-refractivity contribution in [3.05, 3.63) is 65.0 Å². The number of anilines is 1. The lowest BCUT2D eigenvalue weighted by molar-refractivity contribution is -0.120. The summed E-state index contributed by atoms with van der Waals surface area (Å²) in [5.41, 5.74) is 0.852. The van der Waals surface area contributed by atoms with Crippen LogP contribution in [0.15, 0.2) is 42.7 Å². The highest BCUT2D eigenvalue weighted by Crippen LogP contribution is 2.30. The number of aliphatic hydroxyl groups is 1. The Morgan fingerprint density at radius 2 is 2.09 bits per heavy atom. The number of carbonyl (C=O) groups excluding carboxylic acids is 2. The van der Waals surface area contributed by atoms with Crippen molar-refractivity contribution in [2.24, 2.45) is 0 Å². The van der Waals surface area contributed by atoms with E-state index in [9.17, 15) is 14.0 Å². The molecule has 2 N–H and O–H groups in total. The number of likely N-dealkylation sites (N-methyl/N-ethyl adjacent to an activating group) is 2. The molecule has 1 aromatic carbocycles. The van der Waals surface area contributed by atoms with Crippen LogP contribution in [0.3, 0.4) is 0 Å². The molecule has 0 saturated heterocycles. The number of nitrogens with one attached hydrogen (secondary N) is 1. The molecule has 172 valence electrons. The number of hydrogen-bond acceptors (Lipinski definition) is 8. The summed E-state index contributed by atoms with van der Waals surface area (Å²) in [6.07, 6.45) is 3.29. The Kier molecular flexibility index (Phi) is 7.99. The summed E-state index contributed by atoms with van der Waals surface area (Å²) in [7, 11) is 3.39. The van der Waals surface area contributed by atoms with Gasteiger partial charge >= 0.3 is 0 Å². The molecule has 0 fully saturated rings. The lowest BCUT2D eigenvalue weighted by Gasteiger charge is -2.17. The normalized spacial score (nSPS) is 15.0. The summed E-state index contributed by atoms with van der Waals surface area (Å²) in [4.78, 5) is 35.7. The molecule has 1 aliphatic rings. The quantitative estimate of drug-likeness (QED) is 0.554. The van der Waals surface area contributed by atoms with Crippen LogP contribution < -0.4 is 15.0 Å². The van der Waals surface area contributed by atoms with Gasteiger partial charge in [-0.15, -0.1) is 0 Å². The first-order valence-electron chi connectivity index (χ1n) is 9.79. The van der Waals surface area contributed by atoms with Crippen molar-refractivity contribution in [1.82, 2.24) is 20.3 Å². The van der Waals surface area contributed by atoms with Gasteiger partial charge in [0, 0.05) is 36.6 Å². The number of pyridine rings is 1. The maximum Gasteiger partial charge on any atom is 0.248 e. The van der Waals surface area contributed by atoms with Gasteiger partial charge in [0.25, 0.3) is 0 Å². The predicted molar refractivity (Wildman–Crippen MR) is 120 cm³/mol. The van der Waals surface area contributed by atoms with E-state index in [2.05, 4.69) is 20.3 Å². The molecule has 0 saturated carbocycles. The van der Waals surface area contributed by atoms with E-state index in [4.69, 9.17) is 21.4 Å². The number of aliphatic hydroxyl groups excluding tert-OH is 1. The number of aromatic nitrogens is 3. The van der Waals surface area contributed by atoms with Crippen molar-refractivity contribution in [2.75, 3.05) is 25.6 Å². The van der Waals surface area contributed by atoms with Crippen molar-refractivity contribution in [3.8, 4) is 17.0 Å². The van der Waals surface area contributed by atoms with Crippen LogP contribution in [0.4, 0.5) is 10.2 Å². The number of amides is 1. The summed E-state index contributed by atoms with van der Waals surface area (Å²) in [5, 5.41) is 12.5.